The van der Waals surface area contributed by atoms with E-state index in [1.807, 2.05) is 39.0 Å². The number of likely N-dealkylation sites (tertiary alicyclic amines) is 1. The highest BCUT2D eigenvalue weighted by Gasteiger charge is 2.44. The molecule has 0 spiro atoms. The molecule has 4 heteroatoms. The van der Waals surface area contributed by atoms with Crippen LogP contribution in [0.1, 0.15) is 49.5 Å². The number of nitrogens with zero attached hydrogens (tertiary/aromatic N) is 1. The van der Waals surface area contributed by atoms with E-state index in [9.17, 15) is 14.7 Å². The van der Waals surface area contributed by atoms with Crippen LogP contribution in [-0.4, -0.2) is 34.5 Å². The number of amides is 1. The molecular formula is C17H23NO3. The van der Waals surface area contributed by atoms with Gasteiger partial charge < -0.3 is 10.0 Å². The van der Waals surface area contributed by atoms with Gasteiger partial charge in [-0.2, -0.15) is 0 Å². The number of carboxylic acids is 1. The first-order valence-electron chi connectivity index (χ1n) is 7.50. The molecule has 2 rings (SSSR count). The number of hydrogen-bond acceptors (Lipinski definition) is 2. The van der Waals surface area contributed by atoms with Crippen molar-refractivity contribution in [3.8, 4) is 0 Å². The molecule has 21 heavy (non-hydrogen) atoms. The molecule has 1 atom stereocenters. The van der Waals surface area contributed by atoms with Crippen LogP contribution in [0.25, 0.3) is 0 Å². The molecule has 0 aliphatic carbocycles. The molecule has 0 radical (unpaired) electrons. The molecular weight excluding hydrogens is 266 g/mol. The topological polar surface area (TPSA) is 57.6 Å². The van der Waals surface area contributed by atoms with Crippen molar-refractivity contribution in [2.45, 2.75) is 46.1 Å². The minimum atomic E-state index is -0.915. The largest absolute Gasteiger partial charge is 0.480 e. The normalized spacial score (nSPS) is 21.1. The quantitative estimate of drug-likeness (QED) is 0.930. The van der Waals surface area contributed by atoms with Gasteiger partial charge in [0.2, 0.25) is 0 Å². The van der Waals surface area contributed by atoms with Gasteiger partial charge in [0, 0.05) is 12.1 Å². The Balaban J connectivity index is 2.38. The summed E-state index contributed by atoms with van der Waals surface area (Å²) in [5.74, 6) is -1.07. The van der Waals surface area contributed by atoms with Gasteiger partial charge in [-0.25, -0.2) is 4.79 Å². The highest BCUT2D eigenvalue weighted by Crippen LogP contribution is 2.36. The number of aryl methyl sites for hydroxylation is 1. The van der Waals surface area contributed by atoms with Crippen LogP contribution in [0.4, 0.5) is 0 Å². The van der Waals surface area contributed by atoms with Gasteiger partial charge in [-0.15, -0.1) is 0 Å². The fourth-order valence-corrected chi connectivity index (χ4v) is 3.27. The third kappa shape index (κ3) is 2.94. The number of aliphatic carboxylic acids is 1. The van der Waals surface area contributed by atoms with Gasteiger partial charge in [-0.05, 0) is 36.3 Å². The zero-order valence-corrected chi connectivity index (χ0v) is 12.9. The molecule has 1 aromatic carbocycles. The molecule has 0 saturated carbocycles. The van der Waals surface area contributed by atoms with Crippen LogP contribution in [0, 0.1) is 5.41 Å². The Morgan fingerprint density at radius 1 is 1.33 bits per heavy atom. The summed E-state index contributed by atoms with van der Waals surface area (Å²) >= 11 is 0. The van der Waals surface area contributed by atoms with Gasteiger partial charge >= 0.3 is 5.97 Å². The van der Waals surface area contributed by atoms with E-state index in [1.165, 1.54) is 0 Å². The van der Waals surface area contributed by atoms with Crippen molar-refractivity contribution in [3.63, 3.8) is 0 Å². The van der Waals surface area contributed by atoms with Crippen LogP contribution in [0.2, 0.25) is 0 Å². The number of carbonyl (C=O) groups is 2. The van der Waals surface area contributed by atoms with Crippen molar-refractivity contribution in [1.29, 1.82) is 0 Å². The summed E-state index contributed by atoms with van der Waals surface area (Å²) in [7, 11) is 0. The lowest BCUT2D eigenvalue weighted by molar-refractivity contribution is -0.148. The van der Waals surface area contributed by atoms with Crippen LogP contribution in [0.3, 0.4) is 0 Å². The van der Waals surface area contributed by atoms with Gasteiger partial charge in [0.1, 0.15) is 6.04 Å². The minimum absolute atomic E-state index is 0.160. The lowest BCUT2D eigenvalue weighted by Gasteiger charge is -2.44. The molecule has 114 valence electrons. The van der Waals surface area contributed by atoms with Crippen LogP contribution in [0.5, 0.6) is 0 Å². The Hall–Kier alpha value is -1.84. The summed E-state index contributed by atoms with van der Waals surface area (Å²) in [6, 6.07) is 6.70. The number of rotatable bonds is 3. The number of hydrogen-bond donors (Lipinski definition) is 1. The second kappa shape index (κ2) is 5.88. The van der Waals surface area contributed by atoms with E-state index in [0.29, 0.717) is 12.1 Å². The lowest BCUT2D eigenvalue weighted by atomic mass is 9.76. The monoisotopic (exact) mass is 289 g/mol. The van der Waals surface area contributed by atoms with Crippen LogP contribution < -0.4 is 0 Å². The van der Waals surface area contributed by atoms with Gasteiger partial charge in [-0.1, -0.05) is 39.0 Å². The highest BCUT2D eigenvalue weighted by atomic mass is 16.4. The Morgan fingerprint density at radius 2 is 2.00 bits per heavy atom. The summed E-state index contributed by atoms with van der Waals surface area (Å²) in [6.07, 6.45) is 2.43. The third-order valence-corrected chi connectivity index (χ3v) is 4.40. The first-order chi connectivity index (χ1) is 9.88. The van der Waals surface area contributed by atoms with Crippen molar-refractivity contribution in [3.05, 3.63) is 35.4 Å². The zero-order chi connectivity index (χ0) is 15.6. The van der Waals surface area contributed by atoms with Crippen molar-refractivity contribution in [1.82, 2.24) is 4.90 Å². The Morgan fingerprint density at radius 3 is 2.62 bits per heavy atom. The van der Waals surface area contributed by atoms with E-state index < -0.39 is 17.4 Å². The Kier molecular flexibility index (Phi) is 4.35. The smallest absolute Gasteiger partial charge is 0.326 e. The molecule has 4 nitrogen and oxygen atoms in total. The van der Waals surface area contributed by atoms with E-state index in [1.54, 1.807) is 11.0 Å². The molecule has 1 amide bonds. The molecule has 1 saturated heterocycles. The predicted octanol–water partition coefficient (Wildman–Crippen LogP) is 2.96. The number of piperidine rings is 1. The average molecular weight is 289 g/mol. The maximum absolute atomic E-state index is 12.8. The number of carboxylic acid groups (broad SMARTS) is 1. The summed E-state index contributed by atoms with van der Waals surface area (Å²) in [4.78, 5) is 26.1. The van der Waals surface area contributed by atoms with Crippen LogP contribution in [0.15, 0.2) is 24.3 Å². The minimum Gasteiger partial charge on any atom is -0.480 e. The highest BCUT2D eigenvalue weighted by molar-refractivity contribution is 5.98. The molecule has 1 aliphatic heterocycles. The molecule has 0 aromatic heterocycles. The molecule has 1 heterocycles. The van der Waals surface area contributed by atoms with E-state index in [-0.39, 0.29) is 5.91 Å². The second-order valence-corrected chi connectivity index (χ2v) is 6.34. The lowest BCUT2D eigenvalue weighted by Crippen LogP contribution is -2.56. The number of carbonyl (C=O) groups excluding carboxylic acids is 1. The molecule has 1 aromatic rings. The SMILES string of the molecule is CCc1ccccc1C(=O)N1CCCC(C)(C)C1C(=O)O. The standard InChI is InChI=1S/C17H23NO3/c1-4-12-8-5-6-9-13(12)15(19)18-11-7-10-17(2,3)14(18)16(20)21/h5-6,8-9,14H,4,7,10-11H2,1-3H3,(H,20,21). The van der Waals surface area contributed by atoms with E-state index in [4.69, 9.17) is 0 Å². The number of benzene rings is 1. The van der Waals surface area contributed by atoms with Gasteiger partial charge in [0.25, 0.3) is 5.91 Å². The van der Waals surface area contributed by atoms with E-state index in [2.05, 4.69) is 0 Å². The van der Waals surface area contributed by atoms with Crippen molar-refractivity contribution >= 4 is 11.9 Å². The molecule has 1 N–H and O–H groups in total. The van der Waals surface area contributed by atoms with E-state index in [0.717, 1.165) is 24.8 Å². The third-order valence-electron chi connectivity index (χ3n) is 4.40. The summed E-state index contributed by atoms with van der Waals surface area (Å²) in [6.45, 7) is 6.37. The first kappa shape index (κ1) is 15.5. The summed E-state index contributed by atoms with van der Waals surface area (Å²) in [5.41, 5.74) is 1.19. The van der Waals surface area contributed by atoms with E-state index >= 15 is 0 Å². The van der Waals surface area contributed by atoms with Gasteiger partial charge in [-0.3, -0.25) is 4.79 Å². The Labute approximate surface area is 125 Å². The summed E-state index contributed by atoms with van der Waals surface area (Å²) in [5, 5.41) is 9.57. The van der Waals surface area contributed by atoms with Crippen molar-refractivity contribution in [2.75, 3.05) is 6.54 Å². The predicted molar refractivity (Wildman–Crippen MR) is 81.3 cm³/mol. The Bertz CT molecular complexity index is 551. The first-order valence-corrected chi connectivity index (χ1v) is 7.50. The van der Waals surface area contributed by atoms with Crippen molar-refractivity contribution < 1.29 is 14.7 Å². The van der Waals surface area contributed by atoms with Crippen LogP contribution in [-0.2, 0) is 11.2 Å². The maximum Gasteiger partial charge on any atom is 0.326 e. The molecule has 1 unspecified atom stereocenters. The average Bonchev–Trinajstić information content (AvgIpc) is 2.44. The second-order valence-electron chi connectivity index (χ2n) is 6.34. The molecule has 0 bridgehead atoms. The fraction of sp³-hybridized carbons (Fsp3) is 0.529. The maximum atomic E-state index is 12.8. The molecule has 1 fully saturated rings. The zero-order valence-electron chi connectivity index (χ0n) is 12.9. The van der Waals surface area contributed by atoms with Gasteiger partial charge in [0.15, 0.2) is 0 Å². The van der Waals surface area contributed by atoms with Crippen molar-refractivity contribution in [2.24, 2.45) is 5.41 Å². The molecule has 1 aliphatic rings. The fourth-order valence-electron chi connectivity index (χ4n) is 3.27. The van der Waals surface area contributed by atoms with Crippen LogP contribution >= 0.6 is 0 Å². The van der Waals surface area contributed by atoms with Gasteiger partial charge in [0.05, 0.1) is 0 Å². The summed E-state index contributed by atoms with van der Waals surface area (Å²) < 4.78 is 0.